The fourth-order valence-corrected chi connectivity index (χ4v) is 3.76. The van der Waals surface area contributed by atoms with Crippen LogP contribution in [-0.2, 0) is 28.9 Å². The molecule has 0 amide bonds. The summed E-state index contributed by atoms with van der Waals surface area (Å²) in [7, 11) is -3.30. The van der Waals surface area contributed by atoms with E-state index in [1.165, 1.54) is 12.1 Å². The standard InChI is InChI=1S/C18H23FN2O2S/c1-14(2)21-24(22,23)13-17-5-3-15(4-6-17)11-20-12-16-7-9-18(19)10-8-16/h3-10,14,20-21H,11-13H2,1-2H3. The van der Waals surface area contributed by atoms with Crippen LogP contribution in [0.3, 0.4) is 0 Å². The van der Waals surface area contributed by atoms with Gasteiger partial charge in [-0.15, -0.1) is 0 Å². The molecule has 2 aromatic rings. The number of rotatable bonds is 8. The molecule has 0 bridgehead atoms. The minimum Gasteiger partial charge on any atom is -0.309 e. The summed E-state index contributed by atoms with van der Waals surface area (Å²) < 4.78 is 39.2. The van der Waals surface area contributed by atoms with Gasteiger partial charge in [0.1, 0.15) is 5.82 Å². The van der Waals surface area contributed by atoms with Gasteiger partial charge in [0.15, 0.2) is 0 Å². The zero-order valence-corrected chi connectivity index (χ0v) is 14.7. The molecule has 130 valence electrons. The zero-order chi connectivity index (χ0) is 17.6. The van der Waals surface area contributed by atoms with Gasteiger partial charge >= 0.3 is 0 Å². The van der Waals surface area contributed by atoms with E-state index in [1.807, 2.05) is 24.3 Å². The number of halogens is 1. The lowest BCUT2D eigenvalue weighted by molar-refractivity contribution is 0.569. The summed E-state index contributed by atoms with van der Waals surface area (Å²) in [6.07, 6.45) is 0. The Morgan fingerprint density at radius 3 is 1.83 bits per heavy atom. The molecular weight excluding hydrogens is 327 g/mol. The SMILES string of the molecule is CC(C)NS(=O)(=O)Cc1ccc(CNCc2ccc(F)cc2)cc1. The van der Waals surface area contributed by atoms with Crippen LogP contribution in [0, 0.1) is 5.82 Å². The number of sulfonamides is 1. The molecule has 0 radical (unpaired) electrons. The third-order valence-corrected chi connectivity index (χ3v) is 4.91. The largest absolute Gasteiger partial charge is 0.309 e. The molecule has 4 nitrogen and oxygen atoms in total. The van der Waals surface area contributed by atoms with Gasteiger partial charge < -0.3 is 5.32 Å². The highest BCUT2D eigenvalue weighted by atomic mass is 32.2. The summed E-state index contributed by atoms with van der Waals surface area (Å²) in [4.78, 5) is 0. The lowest BCUT2D eigenvalue weighted by Gasteiger charge is -2.10. The van der Waals surface area contributed by atoms with E-state index in [0.29, 0.717) is 13.1 Å². The molecule has 2 aromatic carbocycles. The molecule has 0 fully saturated rings. The van der Waals surface area contributed by atoms with Crippen LogP contribution >= 0.6 is 0 Å². The predicted octanol–water partition coefficient (Wildman–Crippen LogP) is 2.94. The van der Waals surface area contributed by atoms with Crippen molar-refractivity contribution in [1.82, 2.24) is 10.0 Å². The normalized spacial score (nSPS) is 11.8. The van der Waals surface area contributed by atoms with E-state index in [9.17, 15) is 12.8 Å². The van der Waals surface area contributed by atoms with Crippen molar-refractivity contribution in [3.63, 3.8) is 0 Å². The van der Waals surface area contributed by atoms with Gasteiger partial charge in [-0.25, -0.2) is 17.5 Å². The Kier molecular flexibility index (Phi) is 6.48. The Morgan fingerprint density at radius 2 is 1.33 bits per heavy atom. The van der Waals surface area contributed by atoms with E-state index >= 15 is 0 Å². The highest BCUT2D eigenvalue weighted by molar-refractivity contribution is 7.88. The van der Waals surface area contributed by atoms with Crippen LogP contribution in [0.2, 0.25) is 0 Å². The number of hydrogen-bond acceptors (Lipinski definition) is 3. The van der Waals surface area contributed by atoms with Crippen LogP contribution in [0.15, 0.2) is 48.5 Å². The first-order valence-electron chi connectivity index (χ1n) is 7.87. The summed E-state index contributed by atoms with van der Waals surface area (Å²) in [5, 5.41) is 3.28. The molecule has 0 unspecified atom stereocenters. The summed E-state index contributed by atoms with van der Waals surface area (Å²) in [6.45, 7) is 4.91. The van der Waals surface area contributed by atoms with Crippen molar-refractivity contribution in [2.45, 2.75) is 38.7 Å². The van der Waals surface area contributed by atoms with Gasteiger partial charge in [-0.3, -0.25) is 0 Å². The Bertz CT molecular complexity index is 742. The average Bonchev–Trinajstić information content (AvgIpc) is 2.49. The molecule has 0 heterocycles. The van der Waals surface area contributed by atoms with Crippen LogP contribution in [-0.4, -0.2) is 14.5 Å². The summed E-state index contributed by atoms with van der Waals surface area (Å²) in [5.41, 5.74) is 2.83. The van der Waals surface area contributed by atoms with E-state index in [2.05, 4.69) is 10.0 Å². The maximum absolute atomic E-state index is 12.8. The molecule has 0 aliphatic heterocycles. The van der Waals surface area contributed by atoms with Crippen LogP contribution in [0.25, 0.3) is 0 Å². The van der Waals surface area contributed by atoms with Crippen LogP contribution in [0.4, 0.5) is 4.39 Å². The Labute approximate surface area is 143 Å². The van der Waals surface area contributed by atoms with Gasteiger partial charge in [-0.2, -0.15) is 0 Å². The quantitative estimate of drug-likeness (QED) is 0.770. The number of hydrogen-bond donors (Lipinski definition) is 2. The van der Waals surface area contributed by atoms with Gasteiger partial charge in [0, 0.05) is 19.1 Å². The molecule has 0 aromatic heterocycles. The van der Waals surface area contributed by atoms with Crippen molar-refractivity contribution in [1.29, 1.82) is 0 Å². The highest BCUT2D eigenvalue weighted by Gasteiger charge is 2.12. The molecule has 24 heavy (non-hydrogen) atoms. The maximum atomic E-state index is 12.8. The third-order valence-electron chi connectivity index (χ3n) is 3.37. The molecule has 0 saturated heterocycles. The maximum Gasteiger partial charge on any atom is 0.216 e. The van der Waals surface area contributed by atoms with Gasteiger partial charge in [0.2, 0.25) is 10.0 Å². The Morgan fingerprint density at radius 1 is 0.875 bits per heavy atom. The van der Waals surface area contributed by atoms with Crippen molar-refractivity contribution >= 4 is 10.0 Å². The second kappa shape index (κ2) is 8.37. The first-order chi connectivity index (χ1) is 11.3. The smallest absolute Gasteiger partial charge is 0.216 e. The lowest BCUT2D eigenvalue weighted by atomic mass is 10.1. The van der Waals surface area contributed by atoms with Gasteiger partial charge in [-0.05, 0) is 42.7 Å². The van der Waals surface area contributed by atoms with Crippen molar-refractivity contribution in [2.75, 3.05) is 0 Å². The van der Waals surface area contributed by atoms with Crippen LogP contribution < -0.4 is 10.0 Å². The van der Waals surface area contributed by atoms with Gasteiger partial charge in [0.25, 0.3) is 0 Å². The average molecular weight is 350 g/mol. The fourth-order valence-electron chi connectivity index (χ4n) is 2.33. The van der Waals surface area contributed by atoms with E-state index < -0.39 is 10.0 Å². The van der Waals surface area contributed by atoms with E-state index in [0.717, 1.165) is 16.7 Å². The molecule has 0 atom stereocenters. The van der Waals surface area contributed by atoms with E-state index in [4.69, 9.17) is 0 Å². The van der Waals surface area contributed by atoms with Gasteiger partial charge in [-0.1, -0.05) is 36.4 Å². The van der Waals surface area contributed by atoms with E-state index in [1.54, 1.807) is 26.0 Å². The van der Waals surface area contributed by atoms with Gasteiger partial charge in [0.05, 0.1) is 5.75 Å². The second-order valence-electron chi connectivity index (χ2n) is 6.08. The fraction of sp³-hybridized carbons (Fsp3) is 0.333. The van der Waals surface area contributed by atoms with Crippen molar-refractivity contribution in [3.05, 3.63) is 71.0 Å². The lowest BCUT2D eigenvalue weighted by Crippen LogP contribution is -2.31. The summed E-state index contributed by atoms with van der Waals surface area (Å²) in [6, 6.07) is 13.8. The molecule has 0 saturated carbocycles. The zero-order valence-electron chi connectivity index (χ0n) is 13.9. The minimum absolute atomic E-state index is 0.0194. The highest BCUT2D eigenvalue weighted by Crippen LogP contribution is 2.09. The summed E-state index contributed by atoms with van der Waals surface area (Å²) >= 11 is 0. The van der Waals surface area contributed by atoms with E-state index in [-0.39, 0.29) is 17.6 Å². The molecule has 2 N–H and O–H groups in total. The molecule has 6 heteroatoms. The van der Waals surface area contributed by atoms with Crippen molar-refractivity contribution in [2.24, 2.45) is 0 Å². The van der Waals surface area contributed by atoms with Crippen LogP contribution in [0.5, 0.6) is 0 Å². The first kappa shape index (κ1) is 18.6. The van der Waals surface area contributed by atoms with Crippen molar-refractivity contribution in [3.8, 4) is 0 Å². The predicted molar refractivity (Wildman–Crippen MR) is 94.3 cm³/mol. The topological polar surface area (TPSA) is 58.2 Å². The summed E-state index contributed by atoms with van der Waals surface area (Å²) in [5.74, 6) is -0.259. The minimum atomic E-state index is -3.30. The third kappa shape index (κ3) is 6.39. The molecular formula is C18H23FN2O2S. The first-order valence-corrected chi connectivity index (χ1v) is 9.52. The Hall–Kier alpha value is -1.76. The van der Waals surface area contributed by atoms with Crippen molar-refractivity contribution < 1.29 is 12.8 Å². The Balaban J connectivity index is 1.84. The second-order valence-corrected chi connectivity index (χ2v) is 7.83. The number of nitrogens with one attached hydrogen (secondary N) is 2. The molecule has 0 aliphatic rings. The number of benzene rings is 2. The molecule has 0 spiro atoms. The van der Waals surface area contributed by atoms with Crippen LogP contribution in [0.1, 0.15) is 30.5 Å². The molecule has 2 rings (SSSR count). The molecule has 0 aliphatic carbocycles. The monoisotopic (exact) mass is 350 g/mol.